The summed E-state index contributed by atoms with van der Waals surface area (Å²) in [6.07, 6.45) is 3.15. The van der Waals surface area contributed by atoms with Crippen molar-refractivity contribution in [1.29, 1.82) is 0 Å². The van der Waals surface area contributed by atoms with E-state index in [1.54, 1.807) is 0 Å². The van der Waals surface area contributed by atoms with Gasteiger partial charge in [0.25, 0.3) is 5.91 Å². The van der Waals surface area contributed by atoms with E-state index < -0.39 is 0 Å². The summed E-state index contributed by atoms with van der Waals surface area (Å²) in [6, 6.07) is 18.1. The molecule has 0 unspecified atom stereocenters. The molecule has 2 aromatic carbocycles. The van der Waals surface area contributed by atoms with E-state index in [9.17, 15) is 9.59 Å². The van der Waals surface area contributed by atoms with Gasteiger partial charge >= 0.3 is 0 Å². The van der Waals surface area contributed by atoms with Gasteiger partial charge in [-0.3, -0.25) is 14.5 Å². The largest absolute Gasteiger partial charge is 0.342 e. The first-order chi connectivity index (χ1) is 14.2. The predicted octanol–water partition coefficient (Wildman–Crippen LogP) is 3.12. The highest BCUT2D eigenvalue weighted by atomic mass is 16.2. The molecule has 0 bridgehead atoms. The third kappa shape index (κ3) is 4.85. The summed E-state index contributed by atoms with van der Waals surface area (Å²) in [4.78, 5) is 31.5. The fraction of sp³-hybridized carbons (Fsp3) is 0.417. The third-order valence-electron chi connectivity index (χ3n) is 5.93. The van der Waals surface area contributed by atoms with Gasteiger partial charge in [0, 0.05) is 44.8 Å². The topological polar surface area (TPSA) is 43.9 Å². The van der Waals surface area contributed by atoms with E-state index in [0.29, 0.717) is 13.1 Å². The summed E-state index contributed by atoms with van der Waals surface area (Å²) in [7, 11) is 0. The Labute approximate surface area is 172 Å². The predicted molar refractivity (Wildman–Crippen MR) is 115 cm³/mol. The number of likely N-dealkylation sites (tertiary alicyclic amines) is 1. The van der Waals surface area contributed by atoms with Crippen molar-refractivity contribution in [3.8, 4) is 11.1 Å². The number of carbonyl (C=O) groups is 2. The van der Waals surface area contributed by atoms with Crippen LogP contribution in [0.4, 0.5) is 0 Å². The minimum Gasteiger partial charge on any atom is -0.342 e. The maximum Gasteiger partial charge on any atom is 0.253 e. The minimum atomic E-state index is 0.0809. The number of amides is 2. The molecule has 0 spiro atoms. The normalized spacial score (nSPS) is 17.9. The standard InChI is InChI=1S/C24H29N3O2/c28-23(26-14-4-5-15-26)19-25-13-6-16-27(18-17-25)24(29)22-11-9-21(10-12-22)20-7-2-1-3-8-20/h1-3,7-12H,4-6,13-19H2. The lowest BCUT2D eigenvalue weighted by Gasteiger charge is -2.24. The van der Waals surface area contributed by atoms with Gasteiger partial charge < -0.3 is 9.80 Å². The molecule has 0 aromatic heterocycles. The molecule has 2 amide bonds. The highest BCUT2D eigenvalue weighted by molar-refractivity contribution is 5.94. The van der Waals surface area contributed by atoms with E-state index >= 15 is 0 Å². The minimum absolute atomic E-state index is 0.0809. The van der Waals surface area contributed by atoms with E-state index in [1.807, 2.05) is 52.3 Å². The maximum absolute atomic E-state index is 13.0. The molecule has 0 atom stereocenters. The second kappa shape index (κ2) is 9.23. The van der Waals surface area contributed by atoms with Crippen molar-refractivity contribution in [1.82, 2.24) is 14.7 Å². The average Bonchev–Trinajstić information content (AvgIpc) is 3.22. The van der Waals surface area contributed by atoms with Crippen LogP contribution < -0.4 is 0 Å². The van der Waals surface area contributed by atoms with Gasteiger partial charge in [-0.15, -0.1) is 0 Å². The fourth-order valence-corrected chi connectivity index (χ4v) is 4.21. The van der Waals surface area contributed by atoms with Gasteiger partial charge in [0.1, 0.15) is 0 Å². The van der Waals surface area contributed by atoms with E-state index in [2.05, 4.69) is 17.0 Å². The first-order valence-corrected chi connectivity index (χ1v) is 10.7. The summed E-state index contributed by atoms with van der Waals surface area (Å²) in [5, 5.41) is 0. The monoisotopic (exact) mass is 391 g/mol. The SMILES string of the molecule is O=C(CN1CCCN(C(=O)c2ccc(-c3ccccc3)cc2)CC1)N1CCCC1. The molecule has 2 aromatic rings. The van der Waals surface area contributed by atoms with Crippen molar-refractivity contribution in [2.24, 2.45) is 0 Å². The van der Waals surface area contributed by atoms with Gasteiger partial charge in [0.15, 0.2) is 0 Å². The number of benzene rings is 2. The summed E-state index contributed by atoms with van der Waals surface area (Å²) in [6.45, 7) is 5.32. The summed E-state index contributed by atoms with van der Waals surface area (Å²) >= 11 is 0. The van der Waals surface area contributed by atoms with Crippen LogP contribution in [-0.4, -0.2) is 72.3 Å². The molecule has 2 heterocycles. The van der Waals surface area contributed by atoms with Crippen molar-refractivity contribution in [3.63, 3.8) is 0 Å². The zero-order valence-electron chi connectivity index (χ0n) is 16.9. The zero-order chi connectivity index (χ0) is 20.1. The van der Waals surface area contributed by atoms with Crippen LogP contribution in [-0.2, 0) is 4.79 Å². The van der Waals surface area contributed by atoms with Crippen LogP contribution >= 0.6 is 0 Å². The van der Waals surface area contributed by atoms with Gasteiger partial charge in [-0.1, -0.05) is 42.5 Å². The summed E-state index contributed by atoms with van der Waals surface area (Å²) in [5.74, 6) is 0.316. The lowest BCUT2D eigenvalue weighted by molar-refractivity contribution is -0.131. The molecule has 0 aliphatic carbocycles. The van der Waals surface area contributed by atoms with Gasteiger partial charge in [0.05, 0.1) is 6.54 Å². The Morgan fingerprint density at radius 1 is 0.655 bits per heavy atom. The van der Waals surface area contributed by atoms with Crippen LogP contribution in [0.2, 0.25) is 0 Å². The summed E-state index contributed by atoms with van der Waals surface area (Å²) < 4.78 is 0. The van der Waals surface area contributed by atoms with Gasteiger partial charge in [-0.25, -0.2) is 0 Å². The molecule has 0 N–H and O–H groups in total. The lowest BCUT2D eigenvalue weighted by Crippen LogP contribution is -2.41. The Balaban J connectivity index is 1.34. The molecular weight excluding hydrogens is 362 g/mol. The van der Waals surface area contributed by atoms with Crippen LogP contribution in [0.5, 0.6) is 0 Å². The maximum atomic E-state index is 13.0. The number of carbonyl (C=O) groups excluding carboxylic acids is 2. The van der Waals surface area contributed by atoms with Crippen LogP contribution in [0.1, 0.15) is 29.6 Å². The number of rotatable bonds is 4. The van der Waals surface area contributed by atoms with Crippen molar-refractivity contribution in [3.05, 3.63) is 60.2 Å². The van der Waals surface area contributed by atoms with E-state index in [1.165, 1.54) is 0 Å². The van der Waals surface area contributed by atoms with Crippen LogP contribution in [0.25, 0.3) is 11.1 Å². The lowest BCUT2D eigenvalue weighted by atomic mass is 10.0. The molecule has 2 aliphatic heterocycles. The second-order valence-electron chi connectivity index (χ2n) is 7.95. The molecular formula is C24H29N3O2. The van der Waals surface area contributed by atoms with E-state index in [0.717, 1.165) is 68.7 Å². The van der Waals surface area contributed by atoms with Gasteiger partial charge in [0.2, 0.25) is 5.91 Å². The van der Waals surface area contributed by atoms with Crippen molar-refractivity contribution >= 4 is 11.8 Å². The Morgan fingerprint density at radius 3 is 2.03 bits per heavy atom. The molecule has 0 radical (unpaired) electrons. The van der Waals surface area contributed by atoms with Crippen molar-refractivity contribution in [2.45, 2.75) is 19.3 Å². The van der Waals surface area contributed by atoms with Crippen LogP contribution in [0, 0.1) is 0 Å². The first-order valence-electron chi connectivity index (χ1n) is 10.7. The molecule has 5 nitrogen and oxygen atoms in total. The number of hydrogen-bond donors (Lipinski definition) is 0. The zero-order valence-corrected chi connectivity index (χ0v) is 16.9. The summed E-state index contributed by atoms with van der Waals surface area (Å²) in [5.41, 5.74) is 3.00. The third-order valence-corrected chi connectivity index (χ3v) is 5.93. The fourth-order valence-electron chi connectivity index (χ4n) is 4.21. The van der Waals surface area contributed by atoms with Crippen molar-refractivity contribution in [2.75, 3.05) is 45.8 Å². The Bertz CT molecular complexity index is 829. The molecule has 0 saturated carbocycles. The quantitative estimate of drug-likeness (QED) is 0.804. The van der Waals surface area contributed by atoms with Gasteiger partial charge in [-0.05, 0) is 42.5 Å². The Morgan fingerprint density at radius 2 is 1.31 bits per heavy atom. The number of hydrogen-bond acceptors (Lipinski definition) is 3. The second-order valence-corrected chi connectivity index (χ2v) is 7.95. The van der Waals surface area contributed by atoms with Crippen molar-refractivity contribution < 1.29 is 9.59 Å². The molecule has 2 fully saturated rings. The molecule has 2 aliphatic rings. The first kappa shape index (κ1) is 19.6. The molecule has 29 heavy (non-hydrogen) atoms. The molecule has 152 valence electrons. The van der Waals surface area contributed by atoms with Crippen LogP contribution in [0.3, 0.4) is 0 Å². The highest BCUT2D eigenvalue weighted by Crippen LogP contribution is 2.20. The Hall–Kier alpha value is -2.66. The average molecular weight is 392 g/mol. The van der Waals surface area contributed by atoms with Gasteiger partial charge in [-0.2, -0.15) is 0 Å². The highest BCUT2D eigenvalue weighted by Gasteiger charge is 2.24. The molecule has 2 saturated heterocycles. The smallest absolute Gasteiger partial charge is 0.253 e. The van der Waals surface area contributed by atoms with Crippen LogP contribution in [0.15, 0.2) is 54.6 Å². The van der Waals surface area contributed by atoms with E-state index in [-0.39, 0.29) is 11.8 Å². The van der Waals surface area contributed by atoms with E-state index in [4.69, 9.17) is 0 Å². The molecule has 5 heteroatoms. The Kier molecular flexibility index (Phi) is 6.25. The molecule has 4 rings (SSSR count). The number of nitrogens with zero attached hydrogens (tertiary/aromatic N) is 3.